The number of hydrogen-bond acceptors (Lipinski definition) is 4. The second-order valence-electron chi connectivity index (χ2n) is 21.6. The van der Waals surface area contributed by atoms with Gasteiger partial charge in [0.1, 0.15) is 6.10 Å². The van der Waals surface area contributed by atoms with Gasteiger partial charge >= 0.3 is 0 Å². The van der Waals surface area contributed by atoms with E-state index in [9.17, 15) is 20.1 Å². The highest BCUT2D eigenvalue weighted by molar-refractivity contribution is 5.76. The molecule has 0 aliphatic rings. The topological polar surface area (TPSA) is 89.8 Å². The van der Waals surface area contributed by atoms with E-state index in [1.807, 2.05) is 0 Å². The number of unbranched alkanes of at least 4 members (excludes halogenated alkanes) is 44. The summed E-state index contributed by atoms with van der Waals surface area (Å²) in [6, 6.07) is -0.833. The fraction of sp³-hybridized carbons (Fsp3) is 0.891. The Balaban J connectivity index is 3.54. The van der Waals surface area contributed by atoms with Gasteiger partial charge in [0.2, 0.25) is 5.91 Å². The van der Waals surface area contributed by atoms with Crippen LogP contribution in [0.4, 0.5) is 0 Å². The predicted molar refractivity (Wildman–Crippen MR) is 305 cm³/mol. The second kappa shape index (κ2) is 59.1. The molecule has 3 atom stereocenters. The monoisotopic (exact) mass is 970 g/mol. The molecular formula is C64H123NO4. The maximum absolute atomic E-state index is 12.5. The van der Waals surface area contributed by atoms with Gasteiger partial charge in [-0.05, 0) is 77.0 Å². The Hall–Kier alpha value is -1.43. The largest absolute Gasteiger partial charge is 0.394 e. The van der Waals surface area contributed by atoms with E-state index in [0.29, 0.717) is 12.8 Å². The van der Waals surface area contributed by atoms with Crippen molar-refractivity contribution in [2.45, 2.75) is 360 Å². The van der Waals surface area contributed by atoms with Crippen LogP contribution in [-0.2, 0) is 4.79 Å². The molecule has 0 saturated carbocycles. The second-order valence-corrected chi connectivity index (χ2v) is 21.6. The molecule has 408 valence electrons. The molecule has 3 unspecified atom stereocenters. The van der Waals surface area contributed by atoms with E-state index in [1.54, 1.807) is 0 Å². The van der Waals surface area contributed by atoms with Gasteiger partial charge in [0, 0.05) is 6.42 Å². The van der Waals surface area contributed by atoms with Gasteiger partial charge < -0.3 is 20.6 Å². The zero-order valence-electron chi connectivity index (χ0n) is 46.7. The fourth-order valence-electron chi connectivity index (χ4n) is 9.88. The first-order valence-electron chi connectivity index (χ1n) is 31.3. The number of nitrogens with one attached hydrogen (secondary N) is 1. The zero-order valence-corrected chi connectivity index (χ0v) is 46.7. The number of aliphatic hydroxyl groups is 3. The average molecular weight is 971 g/mol. The van der Waals surface area contributed by atoms with Gasteiger partial charge in [-0.3, -0.25) is 4.79 Å². The number of carbonyl (C=O) groups is 1. The third-order valence-electron chi connectivity index (χ3n) is 14.7. The Morgan fingerprint density at radius 3 is 0.884 bits per heavy atom. The number of hydrogen-bond donors (Lipinski definition) is 4. The summed E-state index contributed by atoms with van der Waals surface area (Å²) in [5, 5.41) is 33.8. The lowest BCUT2D eigenvalue weighted by molar-refractivity contribution is -0.124. The minimum Gasteiger partial charge on any atom is -0.394 e. The fourth-order valence-corrected chi connectivity index (χ4v) is 9.88. The average Bonchev–Trinajstić information content (AvgIpc) is 3.35. The van der Waals surface area contributed by atoms with Crippen molar-refractivity contribution >= 4 is 5.91 Å². The van der Waals surface area contributed by atoms with Gasteiger partial charge in [-0.2, -0.15) is 0 Å². The van der Waals surface area contributed by atoms with Crippen LogP contribution in [0.25, 0.3) is 0 Å². The summed E-state index contributed by atoms with van der Waals surface area (Å²) in [7, 11) is 0. The molecule has 0 saturated heterocycles. The van der Waals surface area contributed by atoms with Crippen molar-refractivity contribution in [3.8, 4) is 0 Å². The first-order chi connectivity index (χ1) is 34.1. The van der Waals surface area contributed by atoms with Crippen molar-refractivity contribution in [1.82, 2.24) is 5.32 Å². The Kier molecular flexibility index (Phi) is 57.9. The van der Waals surface area contributed by atoms with E-state index in [2.05, 4.69) is 55.6 Å². The van der Waals surface area contributed by atoms with Crippen LogP contribution >= 0.6 is 0 Å². The molecule has 0 fully saturated rings. The van der Waals surface area contributed by atoms with Gasteiger partial charge in [0.15, 0.2) is 0 Å². The standard InChI is InChI=1S/C64H123NO4/c1-3-5-7-9-11-13-15-17-19-21-23-25-27-29-30-31-32-33-34-35-37-39-41-43-45-47-49-51-53-55-57-59-63(68)65-61(60-66)64(69)62(67)58-56-54-52-50-48-46-44-42-40-38-36-28-26-24-22-20-18-16-14-12-10-8-6-4-2/h29-30,42,44,50,52,61-62,64,66-67,69H,3-28,31-41,43,45-49,51,53-60H2,1-2H3,(H,65,68)/b30-29-,44-42+,52-50+. The summed E-state index contributed by atoms with van der Waals surface area (Å²) in [6.45, 7) is 4.21. The van der Waals surface area contributed by atoms with E-state index < -0.39 is 18.2 Å². The molecule has 5 nitrogen and oxygen atoms in total. The molecule has 4 N–H and O–H groups in total. The van der Waals surface area contributed by atoms with Crippen molar-refractivity contribution in [3.63, 3.8) is 0 Å². The maximum atomic E-state index is 12.5. The minimum absolute atomic E-state index is 0.153. The van der Waals surface area contributed by atoms with Crippen molar-refractivity contribution in [2.75, 3.05) is 6.61 Å². The molecule has 0 aromatic heterocycles. The lowest BCUT2D eigenvalue weighted by atomic mass is 10.0. The summed E-state index contributed by atoms with van der Waals surface area (Å²) >= 11 is 0. The van der Waals surface area contributed by atoms with Gasteiger partial charge in [0.25, 0.3) is 0 Å². The van der Waals surface area contributed by atoms with E-state index in [4.69, 9.17) is 0 Å². The smallest absolute Gasteiger partial charge is 0.220 e. The number of rotatable bonds is 58. The van der Waals surface area contributed by atoms with Crippen LogP contribution in [0.15, 0.2) is 36.5 Å². The van der Waals surface area contributed by atoms with E-state index in [0.717, 1.165) is 44.9 Å². The van der Waals surface area contributed by atoms with E-state index >= 15 is 0 Å². The SMILES string of the molecule is CCCCCCCCCCCCCC/C=C\CCCCCCCCCCCCCCCCCC(=O)NC(CO)C(O)C(O)CCC/C=C/CC/C=C/CCCCCCCCCCCCCCCCC. The van der Waals surface area contributed by atoms with Crippen LogP contribution < -0.4 is 5.32 Å². The van der Waals surface area contributed by atoms with Crippen LogP contribution in [-0.4, -0.2) is 46.1 Å². The van der Waals surface area contributed by atoms with Crippen molar-refractivity contribution < 1.29 is 20.1 Å². The van der Waals surface area contributed by atoms with Crippen molar-refractivity contribution in [3.05, 3.63) is 36.5 Å². The highest BCUT2D eigenvalue weighted by Crippen LogP contribution is 2.18. The summed E-state index contributed by atoms with van der Waals surface area (Å²) in [5.41, 5.74) is 0. The third kappa shape index (κ3) is 54.2. The third-order valence-corrected chi connectivity index (χ3v) is 14.7. The zero-order chi connectivity index (χ0) is 50.0. The molecule has 0 aromatic rings. The van der Waals surface area contributed by atoms with Crippen LogP contribution in [0, 0.1) is 0 Å². The molecule has 0 spiro atoms. The number of aliphatic hydroxyl groups excluding tert-OH is 3. The molecule has 0 aromatic carbocycles. The van der Waals surface area contributed by atoms with E-state index in [1.165, 1.54) is 270 Å². The van der Waals surface area contributed by atoms with E-state index in [-0.39, 0.29) is 12.5 Å². The Morgan fingerprint density at radius 2 is 0.594 bits per heavy atom. The summed E-state index contributed by atoms with van der Waals surface area (Å²) in [4.78, 5) is 12.5. The predicted octanol–water partition coefficient (Wildman–Crippen LogP) is 19.8. The molecule has 0 aliphatic heterocycles. The summed E-state index contributed by atoms with van der Waals surface area (Å²) in [5.74, 6) is -0.153. The number of allylic oxidation sites excluding steroid dienone is 6. The Labute approximate surface area is 432 Å². The Morgan fingerprint density at radius 1 is 0.348 bits per heavy atom. The molecule has 69 heavy (non-hydrogen) atoms. The lowest BCUT2D eigenvalue weighted by Crippen LogP contribution is -2.50. The molecule has 0 aliphatic carbocycles. The van der Waals surface area contributed by atoms with Gasteiger partial charge in [-0.15, -0.1) is 0 Å². The first kappa shape index (κ1) is 67.6. The van der Waals surface area contributed by atoms with Crippen LogP contribution in [0.5, 0.6) is 0 Å². The lowest BCUT2D eigenvalue weighted by Gasteiger charge is -2.26. The van der Waals surface area contributed by atoms with Gasteiger partial charge in [-0.25, -0.2) is 0 Å². The molecule has 0 heterocycles. The first-order valence-corrected chi connectivity index (χ1v) is 31.3. The van der Waals surface area contributed by atoms with Crippen molar-refractivity contribution in [1.29, 1.82) is 0 Å². The maximum Gasteiger partial charge on any atom is 0.220 e. The van der Waals surface area contributed by atoms with Gasteiger partial charge in [-0.1, -0.05) is 294 Å². The highest BCUT2D eigenvalue weighted by Gasteiger charge is 2.26. The summed E-state index contributed by atoms with van der Waals surface area (Å²) in [6.07, 6.45) is 77.6. The van der Waals surface area contributed by atoms with Crippen LogP contribution in [0.1, 0.15) is 341 Å². The molecular weight excluding hydrogens is 847 g/mol. The van der Waals surface area contributed by atoms with Crippen LogP contribution in [0.2, 0.25) is 0 Å². The molecule has 0 radical (unpaired) electrons. The minimum atomic E-state index is -1.17. The quantitative estimate of drug-likeness (QED) is 0.0361. The van der Waals surface area contributed by atoms with Crippen LogP contribution in [0.3, 0.4) is 0 Å². The molecule has 5 heteroatoms. The molecule has 0 rings (SSSR count). The number of carbonyl (C=O) groups excluding carboxylic acids is 1. The van der Waals surface area contributed by atoms with Gasteiger partial charge in [0.05, 0.1) is 18.8 Å². The normalized spacial score (nSPS) is 13.4. The van der Waals surface area contributed by atoms with Crippen molar-refractivity contribution in [2.24, 2.45) is 0 Å². The number of amides is 1. The summed E-state index contributed by atoms with van der Waals surface area (Å²) < 4.78 is 0. The molecule has 0 bridgehead atoms. The highest BCUT2D eigenvalue weighted by atomic mass is 16.3. The molecule has 1 amide bonds. The Bertz CT molecular complexity index is 1070.